The Hall–Kier alpha value is -0.573. The second kappa shape index (κ2) is 4.30. The highest BCUT2D eigenvalue weighted by molar-refractivity contribution is 6.82. The first kappa shape index (κ1) is 11.5. The second-order valence-electron chi connectivity index (χ2n) is 4.81. The lowest BCUT2D eigenvalue weighted by atomic mass is 10.1. The third-order valence-corrected chi connectivity index (χ3v) is 5.52. The van der Waals surface area contributed by atoms with Gasteiger partial charge in [0.1, 0.15) is 6.10 Å². The van der Waals surface area contributed by atoms with Crippen molar-refractivity contribution < 1.29 is 9.53 Å². The van der Waals surface area contributed by atoms with Crippen LogP contribution in [0.25, 0.3) is 0 Å². The standard InChI is InChI=1S/C11H20O2Si/c1-9(13-10(2)12)11-6-5-7-14(3,4)8-11/h8-9H,5-7H2,1-4H3. The number of carbonyl (C=O) groups is 1. The molecular formula is C11H20O2Si. The van der Waals surface area contributed by atoms with Crippen LogP contribution >= 0.6 is 0 Å². The van der Waals surface area contributed by atoms with Crippen LogP contribution in [0, 0.1) is 0 Å². The van der Waals surface area contributed by atoms with E-state index in [1.54, 1.807) is 0 Å². The van der Waals surface area contributed by atoms with E-state index in [1.807, 2.05) is 6.92 Å². The van der Waals surface area contributed by atoms with Gasteiger partial charge in [-0.1, -0.05) is 31.3 Å². The topological polar surface area (TPSA) is 26.3 Å². The van der Waals surface area contributed by atoms with E-state index in [1.165, 1.54) is 25.0 Å². The predicted octanol–water partition coefficient (Wildman–Crippen LogP) is 2.91. The van der Waals surface area contributed by atoms with Crippen molar-refractivity contribution in [2.45, 2.75) is 51.9 Å². The lowest BCUT2D eigenvalue weighted by molar-refractivity contribution is -0.143. The zero-order valence-electron chi connectivity index (χ0n) is 9.59. The Morgan fingerprint density at radius 2 is 2.21 bits per heavy atom. The summed E-state index contributed by atoms with van der Waals surface area (Å²) < 4.78 is 5.20. The van der Waals surface area contributed by atoms with Crippen LogP contribution in [-0.4, -0.2) is 20.1 Å². The number of carbonyl (C=O) groups excluding carboxylic acids is 1. The summed E-state index contributed by atoms with van der Waals surface area (Å²) in [4.78, 5) is 10.8. The molecule has 14 heavy (non-hydrogen) atoms. The van der Waals surface area contributed by atoms with E-state index in [0.717, 1.165) is 6.42 Å². The summed E-state index contributed by atoms with van der Waals surface area (Å²) in [6, 6.07) is 1.36. The SMILES string of the molecule is CC(=O)OC(C)C1=C[Si](C)(C)CCC1. The summed E-state index contributed by atoms with van der Waals surface area (Å²) in [5.41, 5.74) is 3.74. The van der Waals surface area contributed by atoms with Crippen LogP contribution in [0.5, 0.6) is 0 Å². The zero-order valence-corrected chi connectivity index (χ0v) is 10.6. The minimum atomic E-state index is -1.12. The average molecular weight is 212 g/mol. The number of rotatable bonds is 2. The molecule has 1 heterocycles. The fourth-order valence-electron chi connectivity index (χ4n) is 2.04. The molecule has 0 N–H and O–H groups in total. The number of esters is 1. The number of ether oxygens (including phenoxy) is 1. The first-order valence-electron chi connectivity index (χ1n) is 5.29. The van der Waals surface area contributed by atoms with Gasteiger partial charge in [0.25, 0.3) is 0 Å². The molecule has 1 aliphatic heterocycles. The summed E-state index contributed by atoms with van der Waals surface area (Å²) >= 11 is 0. The molecule has 0 fully saturated rings. The van der Waals surface area contributed by atoms with Gasteiger partial charge in [0.05, 0.1) is 8.07 Å². The number of hydrogen-bond acceptors (Lipinski definition) is 2. The van der Waals surface area contributed by atoms with Crippen LogP contribution in [0.2, 0.25) is 19.1 Å². The fourth-order valence-corrected chi connectivity index (χ4v) is 4.65. The Morgan fingerprint density at radius 3 is 2.71 bits per heavy atom. The van der Waals surface area contributed by atoms with Crippen LogP contribution in [0.3, 0.4) is 0 Å². The van der Waals surface area contributed by atoms with Crippen LogP contribution in [0.4, 0.5) is 0 Å². The Bertz CT molecular complexity index is 256. The molecule has 1 rings (SSSR count). The highest BCUT2D eigenvalue weighted by Gasteiger charge is 2.25. The molecule has 80 valence electrons. The maximum atomic E-state index is 10.8. The minimum absolute atomic E-state index is 0.0143. The van der Waals surface area contributed by atoms with E-state index in [0.29, 0.717) is 0 Å². The summed E-state index contributed by atoms with van der Waals surface area (Å²) in [6.07, 6.45) is 2.35. The van der Waals surface area contributed by atoms with Gasteiger partial charge in [0, 0.05) is 6.92 Å². The van der Waals surface area contributed by atoms with Crippen LogP contribution in [0.1, 0.15) is 26.7 Å². The fraction of sp³-hybridized carbons (Fsp3) is 0.727. The Kier molecular flexibility index (Phi) is 3.53. The van der Waals surface area contributed by atoms with Crippen molar-refractivity contribution in [3.05, 3.63) is 11.3 Å². The van der Waals surface area contributed by atoms with Gasteiger partial charge in [-0.25, -0.2) is 0 Å². The van der Waals surface area contributed by atoms with Crippen molar-refractivity contribution in [2.75, 3.05) is 0 Å². The van der Waals surface area contributed by atoms with Crippen molar-refractivity contribution in [3.63, 3.8) is 0 Å². The van der Waals surface area contributed by atoms with E-state index in [4.69, 9.17) is 4.74 Å². The molecule has 0 aliphatic carbocycles. The smallest absolute Gasteiger partial charge is 0.303 e. The third kappa shape index (κ3) is 3.29. The number of hydrogen-bond donors (Lipinski definition) is 0. The van der Waals surface area contributed by atoms with Gasteiger partial charge in [-0.2, -0.15) is 0 Å². The average Bonchev–Trinajstić information content (AvgIpc) is 2.01. The summed E-state index contributed by atoms with van der Waals surface area (Å²) in [6.45, 7) is 8.19. The quantitative estimate of drug-likeness (QED) is 0.519. The molecule has 2 nitrogen and oxygen atoms in total. The van der Waals surface area contributed by atoms with Crippen molar-refractivity contribution >= 4 is 14.0 Å². The molecule has 0 radical (unpaired) electrons. The molecule has 1 aliphatic rings. The predicted molar refractivity (Wildman–Crippen MR) is 60.8 cm³/mol. The molecule has 0 bridgehead atoms. The monoisotopic (exact) mass is 212 g/mol. The van der Waals surface area contributed by atoms with Gasteiger partial charge >= 0.3 is 5.97 Å². The van der Waals surface area contributed by atoms with E-state index in [9.17, 15) is 4.79 Å². The van der Waals surface area contributed by atoms with Gasteiger partial charge < -0.3 is 4.74 Å². The lowest BCUT2D eigenvalue weighted by Gasteiger charge is -2.28. The van der Waals surface area contributed by atoms with E-state index >= 15 is 0 Å². The van der Waals surface area contributed by atoms with Gasteiger partial charge in [-0.3, -0.25) is 4.79 Å². The van der Waals surface area contributed by atoms with E-state index in [2.05, 4.69) is 18.8 Å². The van der Waals surface area contributed by atoms with Gasteiger partial charge in [-0.15, -0.1) is 0 Å². The Balaban J connectivity index is 2.67. The molecule has 0 saturated carbocycles. The molecule has 1 atom stereocenters. The van der Waals surface area contributed by atoms with Crippen molar-refractivity contribution in [2.24, 2.45) is 0 Å². The van der Waals surface area contributed by atoms with Crippen molar-refractivity contribution in [1.29, 1.82) is 0 Å². The summed E-state index contributed by atoms with van der Waals surface area (Å²) in [5.74, 6) is -0.177. The van der Waals surface area contributed by atoms with Crippen LogP contribution in [-0.2, 0) is 9.53 Å². The van der Waals surface area contributed by atoms with Crippen LogP contribution < -0.4 is 0 Å². The Morgan fingerprint density at radius 1 is 1.57 bits per heavy atom. The van der Waals surface area contributed by atoms with Gasteiger partial charge in [0.15, 0.2) is 0 Å². The first-order chi connectivity index (χ1) is 6.41. The largest absolute Gasteiger partial charge is 0.458 e. The zero-order chi connectivity index (χ0) is 10.8. The molecular weight excluding hydrogens is 192 g/mol. The molecule has 0 aromatic carbocycles. The Labute approximate surface area is 87.3 Å². The lowest BCUT2D eigenvalue weighted by Crippen LogP contribution is -2.29. The molecule has 0 saturated heterocycles. The molecule has 0 aromatic rings. The van der Waals surface area contributed by atoms with Gasteiger partial charge in [0.2, 0.25) is 0 Å². The summed E-state index contributed by atoms with van der Waals surface area (Å²) in [5, 5.41) is 0. The maximum Gasteiger partial charge on any atom is 0.303 e. The van der Waals surface area contributed by atoms with Gasteiger partial charge in [-0.05, 0) is 18.9 Å². The molecule has 0 aromatic heterocycles. The molecule has 0 spiro atoms. The highest BCUT2D eigenvalue weighted by Crippen LogP contribution is 2.28. The van der Waals surface area contributed by atoms with E-state index < -0.39 is 8.07 Å². The second-order valence-corrected chi connectivity index (χ2v) is 9.58. The molecule has 1 unspecified atom stereocenters. The van der Waals surface area contributed by atoms with E-state index in [-0.39, 0.29) is 12.1 Å². The normalized spacial score (nSPS) is 22.4. The van der Waals surface area contributed by atoms with Crippen molar-refractivity contribution in [3.8, 4) is 0 Å². The van der Waals surface area contributed by atoms with Crippen molar-refractivity contribution in [1.82, 2.24) is 0 Å². The third-order valence-electron chi connectivity index (χ3n) is 2.73. The first-order valence-corrected chi connectivity index (χ1v) is 8.58. The summed E-state index contributed by atoms with van der Waals surface area (Å²) in [7, 11) is -1.12. The van der Waals surface area contributed by atoms with Crippen LogP contribution in [0.15, 0.2) is 11.3 Å². The maximum absolute atomic E-state index is 10.8. The highest BCUT2D eigenvalue weighted by atomic mass is 28.3. The molecule has 0 amide bonds. The minimum Gasteiger partial charge on any atom is -0.458 e. The molecule has 3 heteroatoms.